The summed E-state index contributed by atoms with van der Waals surface area (Å²) in [5, 5.41) is 0. The Bertz CT molecular complexity index is 674. The average molecular weight is 366 g/mol. The number of imide groups is 1. The molecule has 3 heterocycles. The molecule has 4 rings (SSSR count). The molecule has 3 fully saturated rings. The first-order valence-corrected chi connectivity index (χ1v) is 8.03. The number of carbonyl (C=O) groups excluding carboxylic acids is 2. The zero-order valence-electron chi connectivity index (χ0n) is 11.9. The van der Waals surface area contributed by atoms with Crippen LogP contribution >= 0.6 is 15.9 Å². The van der Waals surface area contributed by atoms with Crippen molar-refractivity contribution in [2.24, 2.45) is 11.8 Å². The van der Waals surface area contributed by atoms with Crippen LogP contribution in [-0.4, -0.2) is 23.5 Å². The lowest BCUT2D eigenvalue weighted by molar-refractivity contribution is -0.126. The molecule has 118 valence electrons. The summed E-state index contributed by atoms with van der Waals surface area (Å²) in [6.45, 7) is 3.92. The molecular weight excluding hydrogens is 346 g/mol. The largest absolute Gasteiger partial charge is 0.370 e. The van der Waals surface area contributed by atoms with E-state index in [4.69, 9.17) is 4.74 Å². The quantitative estimate of drug-likeness (QED) is 0.716. The van der Waals surface area contributed by atoms with Gasteiger partial charge in [-0.2, -0.15) is 0 Å². The molecule has 22 heavy (non-hydrogen) atoms. The number of hydrogen-bond acceptors (Lipinski definition) is 3. The molecule has 1 aromatic carbocycles. The van der Waals surface area contributed by atoms with Gasteiger partial charge in [0.25, 0.3) is 0 Å². The monoisotopic (exact) mass is 365 g/mol. The van der Waals surface area contributed by atoms with Crippen molar-refractivity contribution in [2.75, 3.05) is 4.90 Å². The number of halogens is 1. The summed E-state index contributed by atoms with van der Waals surface area (Å²) in [6.07, 6.45) is 1.66. The number of fused-ring (bicyclic) bond motifs is 5. The van der Waals surface area contributed by atoms with Gasteiger partial charge in [-0.05, 0) is 50.5 Å². The van der Waals surface area contributed by atoms with E-state index in [0.29, 0.717) is 5.69 Å². The van der Waals surface area contributed by atoms with E-state index in [2.05, 4.69) is 15.9 Å². The highest BCUT2D eigenvalue weighted by Gasteiger charge is 2.67. The van der Waals surface area contributed by atoms with Crippen LogP contribution in [0.4, 0.5) is 5.69 Å². The Hall–Kier alpha value is -1.20. The minimum Gasteiger partial charge on any atom is -0.370 e. The first-order valence-electron chi connectivity index (χ1n) is 7.24. The van der Waals surface area contributed by atoms with Crippen molar-refractivity contribution in [3.63, 3.8) is 0 Å². The fourth-order valence-electron chi connectivity index (χ4n) is 4.10. The van der Waals surface area contributed by atoms with Crippen LogP contribution in [0.1, 0.15) is 32.8 Å². The summed E-state index contributed by atoms with van der Waals surface area (Å²) in [5.74, 6) is -0.801. The van der Waals surface area contributed by atoms with Gasteiger partial charge in [0.15, 0.2) is 0 Å². The fraction of sp³-hybridized carbons (Fsp3) is 0.529. The zero-order chi connectivity index (χ0) is 14.9. The predicted molar refractivity (Wildman–Crippen MR) is 87.6 cm³/mol. The normalized spacial score (nSPS) is 35.8. The minimum atomic E-state index is -0.457. The number of benzene rings is 1. The molecule has 4 nitrogen and oxygen atoms in total. The molecule has 0 radical (unpaired) electrons. The lowest BCUT2D eigenvalue weighted by Crippen LogP contribution is -2.39. The van der Waals surface area contributed by atoms with Gasteiger partial charge in [0.2, 0.25) is 11.8 Å². The maximum absolute atomic E-state index is 12.8. The van der Waals surface area contributed by atoms with Crippen molar-refractivity contribution in [3.8, 4) is 0 Å². The zero-order valence-corrected chi connectivity index (χ0v) is 13.5. The first kappa shape index (κ1) is 15.7. The van der Waals surface area contributed by atoms with E-state index in [1.807, 2.05) is 32.0 Å². The maximum atomic E-state index is 12.8. The number of nitrogens with zero attached hydrogens (tertiary/aromatic N) is 1. The van der Waals surface area contributed by atoms with Crippen LogP contribution in [0.25, 0.3) is 0 Å². The van der Waals surface area contributed by atoms with Gasteiger partial charge in [-0.15, -0.1) is 0 Å². The number of amides is 2. The topological polar surface area (TPSA) is 46.6 Å². The molecule has 0 spiro atoms. The van der Waals surface area contributed by atoms with Crippen LogP contribution < -0.4 is 4.90 Å². The molecule has 1 aromatic rings. The van der Waals surface area contributed by atoms with Gasteiger partial charge >= 0.3 is 0 Å². The smallest absolute Gasteiger partial charge is 0.240 e. The van der Waals surface area contributed by atoms with Crippen molar-refractivity contribution in [1.29, 1.82) is 0 Å². The summed E-state index contributed by atoms with van der Waals surface area (Å²) in [4.78, 5) is 26.9. The van der Waals surface area contributed by atoms with Crippen LogP contribution in [0.5, 0.6) is 0 Å². The second-order valence-corrected chi connectivity index (χ2v) is 7.31. The Kier molecular flexibility index (Phi) is 3.49. The average Bonchev–Trinajstić information content (AvgIpc) is 3.03. The number of aryl methyl sites for hydroxylation is 1. The summed E-state index contributed by atoms with van der Waals surface area (Å²) >= 11 is 3.45. The number of rotatable bonds is 1. The van der Waals surface area contributed by atoms with Crippen molar-refractivity contribution < 1.29 is 14.3 Å². The van der Waals surface area contributed by atoms with E-state index in [0.717, 1.165) is 22.9 Å². The Morgan fingerprint density at radius 1 is 1.32 bits per heavy atom. The highest BCUT2D eigenvalue weighted by atomic mass is 79.9. The van der Waals surface area contributed by atoms with E-state index in [1.54, 1.807) is 0 Å². The second kappa shape index (κ2) is 4.90. The molecule has 0 aromatic heterocycles. The van der Waals surface area contributed by atoms with Gasteiger partial charge in [-0.25, -0.2) is 4.90 Å². The number of anilines is 1. The van der Waals surface area contributed by atoms with Crippen LogP contribution in [0, 0.1) is 18.8 Å². The molecule has 0 saturated carbocycles. The number of hydrogen-bond donors (Lipinski definition) is 0. The van der Waals surface area contributed by atoms with E-state index in [-0.39, 0.29) is 37.2 Å². The Balaban J connectivity index is 0.00000144. The molecule has 3 aliphatic heterocycles. The van der Waals surface area contributed by atoms with E-state index in [9.17, 15) is 9.59 Å². The molecule has 2 amide bonds. The van der Waals surface area contributed by atoms with Gasteiger partial charge in [-0.3, -0.25) is 9.59 Å². The third-order valence-electron chi connectivity index (χ3n) is 5.16. The minimum absolute atomic E-state index is 0. The van der Waals surface area contributed by atoms with Crippen LogP contribution in [0.15, 0.2) is 22.7 Å². The first-order chi connectivity index (χ1) is 9.92. The SMILES string of the molecule is C.Cc1cc(N2C(=O)C3[C@H](C2=O)C2CCC3(C)O2)ccc1Br. The Morgan fingerprint density at radius 2 is 2.05 bits per heavy atom. The Labute approximate surface area is 138 Å². The predicted octanol–water partition coefficient (Wildman–Crippen LogP) is 3.45. The van der Waals surface area contributed by atoms with Crippen LogP contribution in [0.3, 0.4) is 0 Å². The van der Waals surface area contributed by atoms with Gasteiger partial charge in [-0.1, -0.05) is 23.4 Å². The van der Waals surface area contributed by atoms with Gasteiger partial charge in [0, 0.05) is 4.47 Å². The van der Waals surface area contributed by atoms with E-state index < -0.39 is 5.60 Å². The maximum Gasteiger partial charge on any atom is 0.240 e. The number of ether oxygens (including phenoxy) is 1. The molecular formula is C17H20BrNO3. The summed E-state index contributed by atoms with van der Waals surface area (Å²) < 4.78 is 6.89. The van der Waals surface area contributed by atoms with Gasteiger partial charge < -0.3 is 4.74 Å². The summed E-state index contributed by atoms with van der Waals surface area (Å²) in [6, 6.07) is 5.58. The molecule has 5 heteroatoms. The summed E-state index contributed by atoms with van der Waals surface area (Å²) in [5.41, 5.74) is 1.22. The van der Waals surface area contributed by atoms with E-state index in [1.165, 1.54) is 4.90 Å². The van der Waals surface area contributed by atoms with Gasteiger partial charge in [0.05, 0.1) is 29.2 Å². The fourth-order valence-corrected chi connectivity index (χ4v) is 4.35. The van der Waals surface area contributed by atoms with E-state index >= 15 is 0 Å². The van der Waals surface area contributed by atoms with Crippen LogP contribution in [-0.2, 0) is 14.3 Å². The summed E-state index contributed by atoms with van der Waals surface area (Å²) in [7, 11) is 0. The highest BCUT2D eigenvalue weighted by molar-refractivity contribution is 9.10. The van der Waals surface area contributed by atoms with Crippen molar-refractivity contribution in [3.05, 3.63) is 28.2 Å². The molecule has 3 unspecified atom stereocenters. The van der Waals surface area contributed by atoms with Crippen molar-refractivity contribution in [1.82, 2.24) is 0 Å². The van der Waals surface area contributed by atoms with Crippen molar-refractivity contribution in [2.45, 2.75) is 45.8 Å². The molecule has 3 aliphatic rings. The standard InChI is InChI=1S/C16H16BrNO3.CH4/c1-8-7-9(3-4-10(8)17)18-14(19)12-11-5-6-16(2,21-11)13(12)15(18)20;/h3-4,7,11-13H,5-6H2,1-2H3;1H4/t11?,12-,13?,16?;/m1./s1. The molecule has 0 aliphatic carbocycles. The molecule has 3 saturated heterocycles. The van der Waals surface area contributed by atoms with Crippen molar-refractivity contribution >= 4 is 33.4 Å². The lowest BCUT2D eigenvalue weighted by atomic mass is 9.74. The molecule has 0 N–H and O–H groups in total. The molecule has 4 atom stereocenters. The highest BCUT2D eigenvalue weighted by Crippen LogP contribution is 2.55. The lowest BCUT2D eigenvalue weighted by Gasteiger charge is -2.26. The third-order valence-corrected chi connectivity index (χ3v) is 6.04. The second-order valence-electron chi connectivity index (χ2n) is 6.46. The van der Waals surface area contributed by atoms with Crippen LogP contribution in [0.2, 0.25) is 0 Å². The molecule has 2 bridgehead atoms. The van der Waals surface area contributed by atoms with Gasteiger partial charge in [0.1, 0.15) is 0 Å². The number of carbonyl (C=O) groups is 2. The Morgan fingerprint density at radius 3 is 2.68 bits per heavy atom. The third kappa shape index (κ3) is 1.85.